The highest BCUT2D eigenvalue weighted by Crippen LogP contribution is 2.45. The van der Waals surface area contributed by atoms with Gasteiger partial charge < -0.3 is 5.32 Å². The average Bonchev–Trinajstić information content (AvgIpc) is 3.23. The molecule has 1 amide bonds. The summed E-state index contributed by atoms with van der Waals surface area (Å²) in [6, 6.07) is 47.9. The molecule has 9 rings (SSSR count). The van der Waals surface area contributed by atoms with E-state index in [2.05, 4.69) is 101 Å². The van der Waals surface area contributed by atoms with Crippen LogP contribution in [0.1, 0.15) is 62.6 Å². The summed E-state index contributed by atoms with van der Waals surface area (Å²) in [5, 5.41) is 7.23. The summed E-state index contributed by atoms with van der Waals surface area (Å²) in [5.74, 6) is 0.745. The van der Waals surface area contributed by atoms with E-state index in [9.17, 15) is 4.79 Å². The molecule has 2 aliphatic rings. The number of aryl methyl sites for hydroxylation is 1. The van der Waals surface area contributed by atoms with E-state index in [1.807, 2.05) is 71.8 Å². The number of anilines is 1. The monoisotopic (exact) mass is 688 g/mol. The summed E-state index contributed by atoms with van der Waals surface area (Å²) >= 11 is 0. The zero-order valence-electron chi connectivity index (χ0n) is 29.6. The maximum Gasteiger partial charge on any atom is 0.259 e. The van der Waals surface area contributed by atoms with Crippen LogP contribution in [0.3, 0.4) is 0 Å². The van der Waals surface area contributed by atoms with Crippen molar-refractivity contribution in [2.45, 2.75) is 44.8 Å². The highest BCUT2D eigenvalue weighted by Gasteiger charge is 2.30. The number of carbonyl (C=O) groups is 1. The number of benzene rings is 5. The Bertz CT molecular complexity index is 2500. The number of pyridine rings is 2. The molecule has 0 radical (unpaired) electrons. The van der Waals surface area contributed by atoms with Crippen molar-refractivity contribution in [3.05, 3.63) is 203 Å². The van der Waals surface area contributed by atoms with Gasteiger partial charge in [0.15, 0.2) is 0 Å². The van der Waals surface area contributed by atoms with Crippen LogP contribution in [0.4, 0.5) is 5.82 Å². The third kappa shape index (κ3) is 6.68. The minimum absolute atomic E-state index is 0.0612. The van der Waals surface area contributed by atoms with E-state index in [1.54, 1.807) is 0 Å². The molecule has 5 aromatic carbocycles. The molecule has 1 atom stereocenters. The SMILES string of the molecule is O=C(c1ccccc1)N(Cc1ccc(CNCc2ccccn2)cc1)c1nc2ccccc2cc1C1C=CC2=C(CCc3c2ccc2ccccc32)C1. The van der Waals surface area contributed by atoms with Crippen LogP contribution in [0.5, 0.6) is 0 Å². The lowest BCUT2D eigenvalue weighted by Gasteiger charge is -2.31. The van der Waals surface area contributed by atoms with Crippen LogP contribution in [0.2, 0.25) is 0 Å². The minimum Gasteiger partial charge on any atom is -0.307 e. The first-order valence-electron chi connectivity index (χ1n) is 18.5. The molecule has 7 aromatic rings. The van der Waals surface area contributed by atoms with Crippen molar-refractivity contribution < 1.29 is 4.79 Å². The number of fused-ring (bicyclic) bond motifs is 5. The first kappa shape index (κ1) is 32.7. The molecule has 0 aliphatic heterocycles. The number of hydrogen-bond acceptors (Lipinski definition) is 4. The van der Waals surface area contributed by atoms with Gasteiger partial charge in [-0.1, -0.05) is 121 Å². The van der Waals surface area contributed by atoms with Crippen molar-refractivity contribution in [3.8, 4) is 0 Å². The lowest BCUT2D eigenvalue weighted by molar-refractivity contribution is 0.0984. The lowest BCUT2D eigenvalue weighted by atomic mass is 9.75. The number of nitrogens with one attached hydrogen (secondary N) is 1. The second-order valence-corrected chi connectivity index (χ2v) is 14.1. The summed E-state index contributed by atoms with van der Waals surface area (Å²) < 4.78 is 0. The molecule has 53 heavy (non-hydrogen) atoms. The van der Waals surface area contributed by atoms with Gasteiger partial charge in [0.25, 0.3) is 5.91 Å². The van der Waals surface area contributed by atoms with Crippen molar-refractivity contribution in [3.63, 3.8) is 0 Å². The third-order valence-electron chi connectivity index (χ3n) is 10.7. The number of para-hydroxylation sites is 1. The van der Waals surface area contributed by atoms with E-state index < -0.39 is 0 Å². The fourth-order valence-corrected chi connectivity index (χ4v) is 8.01. The van der Waals surface area contributed by atoms with Crippen LogP contribution in [-0.2, 0) is 26.1 Å². The van der Waals surface area contributed by atoms with Gasteiger partial charge in [0.05, 0.1) is 17.8 Å². The number of aromatic nitrogens is 2. The van der Waals surface area contributed by atoms with E-state index >= 15 is 0 Å². The van der Waals surface area contributed by atoms with E-state index in [1.165, 1.54) is 38.6 Å². The Morgan fingerprint density at radius 1 is 0.736 bits per heavy atom. The summed E-state index contributed by atoms with van der Waals surface area (Å²) in [5.41, 5.74) is 11.5. The van der Waals surface area contributed by atoms with Gasteiger partial charge in [0.1, 0.15) is 5.82 Å². The maximum atomic E-state index is 14.6. The Morgan fingerprint density at radius 3 is 2.36 bits per heavy atom. The second-order valence-electron chi connectivity index (χ2n) is 14.1. The van der Waals surface area contributed by atoms with Gasteiger partial charge in [-0.25, -0.2) is 4.98 Å². The molecule has 0 spiro atoms. The normalized spacial score (nSPS) is 15.0. The largest absolute Gasteiger partial charge is 0.307 e. The Morgan fingerprint density at radius 2 is 1.51 bits per heavy atom. The van der Waals surface area contributed by atoms with Crippen LogP contribution in [0, 0.1) is 0 Å². The molecular formula is C48H40N4O. The van der Waals surface area contributed by atoms with Gasteiger partial charge in [0, 0.05) is 41.7 Å². The van der Waals surface area contributed by atoms with Crippen LogP contribution >= 0.6 is 0 Å². The average molecular weight is 689 g/mol. The second kappa shape index (κ2) is 14.5. The molecule has 1 unspecified atom stereocenters. The summed E-state index contributed by atoms with van der Waals surface area (Å²) in [7, 11) is 0. The molecule has 258 valence electrons. The molecule has 0 saturated heterocycles. The molecule has 1 N–H and O–H groups in total. The summed E-state index contributed by atoms with van der Waals surface area (Å²) in [4.78, 5) is 26.2. The zero-order valence-corrected chi connectivity index (χ0v) is 29.6. The standard InChI is InChI=1S/C48H40N4O/c53-48(36-11-2-1-3-12-36)52(32-34-19-17-33(18-20-34)30-49-31-40-14-8-9-27-50-40)47-45(29-39-13-5-7-16-46(39)51-47)38-22-24-42-37(28-38)23-26-43-41-15-6-4-10-35(41)21-25-44(42)43/h1-22,24-25,27,29,38,49H,23,26,28,30-32H2. The van der Waals surface area contributed by atoms with Crippen molar-refractivity contribution in [2.24, 2.45) is 0 Å². The third-order valence-corrected chi connectivity index (χ3v) is 10.7. The van der Waals surface area contributed by atoms with Gasteiger partial charge in [-0.2, -0.15) is 0 Å². The van der Waals surface area contributed by atoms with Gasteiger partial charge in [-0.05, 0) is 94.3 Å². The van der Waals surface area contributed by atoms with Gasteiger partial charge in [0.2, 0.25) is 0 Å². The zero-order chi connectivity index (χ0) is 35.6. The summed E-state index contributed by atoms with van der Waals surface area (Å²) in [6.45, 7) is 1.83. The molecule has 2 aliphatic carbocycles. The van der Waals surface area contributed by atoms with Crippen LogP contribution in [-0.4, -0.2) is 15.9 Å². The molecule has 5 nitrogen and oxygen atoms in total. The number of nitrogens with zero attached hydrogens (tertiary/aromatic N) is 3. The molecular weight excluding hydrogens is 649 g/mol. The number of rotatable bonds is 9. The van der Waals surface area contributed by atoms with Crippen molar-refractivity contribution >= 4 is 39.0 Å². The molecule has 0 bridgehead atoms. The lowest BCUT2D eigenvalue weighted by Crippen LogP contribution is -2.32. The molecule has 5 heteroatoms. The number of allylic oxidation sites excluding steroid dienone is 4. The fourth-order valence-electron chi connectivity index (χ4n) is 8.01. The molecule has 0 saturated carbocycles. The maximum absolute atomic E-state index is 14.6. The smallest absolute Gasteiger partial charge is 0.259 e. The van der Waals surface area contributed by atoms with E-state index in [0.29, 0.717) is 18.7 Å². The topological polar surface area (TPSA) is 58.1 Å². The van der Waals surface area contributed by atoms with Crippen molar-refractivity contribution in [1.29, 1.82) is 0 Å². The first-order valence-corrected chi connectivity index (χ1v) is 18.5. The number of amides is 1. The van der Waals surface area contributed by atoms with Crippen LogP contribution < -0.4 is 10.2 Å². The molecule has 2 heterocycles. The van der Waals surface area contributed by atoms with E-state index in [-0.39, 0.29) is 11.8 Å². The number of carbonyl (C=O) groups excluding carboxylic acids is 1. The highest BCUT2D eigenvalue weighted by molar-refractivity contribution is 6.06. The quantitative estimate of drug-likeness (QED) is 0.164. The first-order chi connectivity index (χ1) is 26.2. The van der Waals surface area contributed by atoms with E-state index in [0.717, 1.165) is 59.3 Å². The predicted molar refractivity (Wildman–Crippen MR) is 216 cm³/mol. The predicted octanol–water partition coefficient (Wildman–Crippen LogP) is 10.4. The van der Waals surface area contributed by atoms with Gasteiger partial charge in [-0.3, -0.25) is 14.7 Å². The number of hydrogen-bond donors (Lipinski definition) is 1. The van der Waals surface area contributed by atoms with Crippen LogP contribution in [0.15, 0.2) is 163 Å². The summed E-state index contributed by atoms with van der Waals surface area (Å²) in [6.07, 6.45) is 9.46. The van der Waals surface area contributed by atoms with Crippen molar-refractivity contribution in [2.75, 3.05) is 4.90 Å². The Balaban J connectivity index is 1.06. The Kier molecular flexibility index (Phi) is 8.92. The van der Waals surface area contributed by atoms with Gasteiger partial charge >= 0.3 is 0 Å². The Hall–Kier alpha value is -6.17. The molecule has 0 fully saturated rings. The minimum atomic E-state index is -0.0612. The van der Waals surface area contributed by atoms with Crippen LogP contribution in [0.25, 0.3) is 27.2 Å². The fraction of sp³-hybridized carbons (Fsp3) is 0.146. The highest BCUT2D eigenvalue weighted by atomic mass is 16.2. The Labute approximate surface area is 310 Å². The molecule has 2 aromatic heterocycles. The van der Waals surface area contributed by atoms with Gasteiger partial charge in [-0.15, -0.1) is 0 Å². The van der Waals surface area contributed by atoms with Crippen molar-refractivity contribution in [1.82, 2.24) is 15.3 Å². The van der Waals surface area contributed by atoms with E-state index in [4.69, 9.17) is 4.98 Å².